The molecule has 210 valence electrons. The van der Waals surface area contributed by atoms with Crippen molar-refractivity contribution in [3.8, 4) is 0 Å². The van der Waals surface area contributed by atoms with Crippen molar-refractivity contribution in [3.63, 3.8) is 0 Å². The minimum absolute atomic E-state index is 0.0587. The number of unbranched alkanes of at least 4 members (excludes halogenated alkanes) is 2. The number of halogens is 1. The molecule has 0 bridgehead atoms. The van der Waals surface area contributed by atoms with Crippen LogP contribution < -0.4 is 11.3 Å². The molecule has 1 amide bonds. The number of carbonyl (C=O) groups excluding carboxylic acids is 1. The Morgan fingerprint density at radius 3 is 2.79 bits per heavy atom. The molecular weight excluding hydrogens is 501 g/mol. The van der Waals surface area contributed by atoms with Crippen LogP contribution in [0.1, 0.15) is 86.2 Å². The maximum absolute atomic E-state index is 13.5. The molecule has 2 aliphatic rings. The number of primary amides is 1. The van der Waals surface area contributed by atoms with Crippen molar-refractivity contribution in [1.82, 2.24) is 19.6 Å². The summed E-state index contributed by atoms with van der Waals surface area (Å²) in [5.41, 5.74) is 8.25. The maximum atomic E-state index is 13.5. The Hall–Kier alpha value is -3.11. The fraction of sp³-hybridized carbons (Fsp3) is 0.586. The fourth-order valence-electron chi connectivity index (χ4n) is 5.92. The van der Waals surface area contributed by atoms with Crippen molar-refractivity contribution in [2.24, 2.45) is 5.73 Å². The SMILES string of the molecule is Cc1nc2n(c(=O)c1CCN1CCC(c3noc4cc(F)ccc34)CC1)CCCC2OCCCCCC(N)=O. The molecule has 39 heavy (non-hydrogen) atoms. The van der Waals surface area contributed by atoms with Crippen molar-refractivity contribution in [1.29, 1.82) is 0 Å². The number of benzene rings is 1. The van der Waals surface area contributed by atoms with Gasteiger partial charge in [0, 0.05) is 54.7 Å². The summed E-state index contributed by atoms with van der Waals surface area (Å²) in [5, 5.41) is 5.14. The van der Waals surface area contributed by atoms with E-state index < -0.39 is 0 Å². The van der Waals surface area contributed by atoms with E-state index in [1.165, 1.54) is 12.1 Å². The third-order valence-corrected chi connectivity index (χ3v) is 8.14. The van der Waals surface area contributed by atoms with E-state index in [2.05, 4.69) is 10.1 Å². The Morgan fingerprint density at radius 2 is 2.00 bits per heavy atom. The van der Waals surface area contributed by atoms with Crippen LogP contribution in [0.15, 0.2) is 27.5 Å². The van der Waals surface area contributed by atoms with E-state index in [-0.39, 0.29) is 29.3 Å². The average Bonchev–Trinajstić information content (AvgIpc) is 3.34. The highest BCUT2D eigenvalue weighted by Gasteiger charge is 2.28. The molecule has 0 spiro atoms. The zero-order valence-corrected chi connectivity index (χ0v) is 22.7. The highest BCUT2D eigenvalue weighted by Crippen LogP contribution is 2.33. The van der Waals surface area contributed by atoms with Crippen molar-refractivity contribution >= 4 is 16.9 Å². The molecule has 0 aliphatic carbocycles. The molecule has 3 aromatic rings. The molecule has 10 heteroatoms. The van der Waals surface area contributed by atoms with Crippen LogP contribution in [-0.4, -0.2) is 51.8 Å². The van der Waals surface area contributed by atoms with Gasteiger partial charge in [0.1, 0.15) is 17.7 Å². The highest BCUT2D eigenvalue weighted by atomic mass is 19.1. The number of nitrogens with two attached hydrogens (primary N) is 1. The first-order chi connectivity index (χ1) is 18.9. The smallest absolute Gasteiger partial charge is 0.257 e. The molecule has 4 heterocycles. The number of nitrogens with zero attached hydrogens (tertiary/aromatic N) is 4. The molecule has 0 saturated carbocycles. The lowest BCUT2D eigenvalue weighted by Crippen LogP contribution is -2.38. The van der Waals surface area contributed by atoms with Gasteiger partial charge in [-0.3, -0.25) is 14.2 Å². The summed E-state index contributed by atoms with van der Waals surface area (Å²) >= 11 is 0. The van der Waals surface area contributed by atoms with Crippen molar-refractivity contribution in [2.75, 3.05) is 26.2 Å². The van der Waals surface area contributed by atoms with E-state index in [0.29, 0.717) is 31.6 Å². The number of piperidine rings is 1. The van der Waals surface area contributed by atoms with Crippen LogP contribution in [0.3, 0.4) is 0 Å². The third kappa shape index (κ3) is 6.38. The molecule has 0 radical (unpaired) electrons. The number of aryl methyl sites for hydroxylation is 1. The Bertz CT molecular complexity index is 1360. The van der Waals surface area contributed by atoms with Gasteiger partial charge in [0.25, 0.3) is 5.56 Å². The van der Waals surface area contributed by atoms with Crippen LogP contribution in [0.25, 0.3) is 11.0 Å². The fourth-order valence-corrected chi connectivity index (χ4v) is 5.92. The quantitative estimate of drug-likeness (QED) is 0.364. The lowest BCUT2D eigenvalue weighted by Gasteiger charge is -2.31. The van der Waals surface area contributed by atoms with Gasteiger partial charge >= 0.3 is 0 Å². The van der Waals surface area contributed by atoms with Crippen LogP contribution in [0.5, 0.6) is 0 Å². The molecule has 5 rings (SSSR count). The number of fused-ring (bicyclic) bond motifs is 2. The Labute approximate surface area is 227 Å². The number of likely N-dealkylation sites (tertiary alicyclic amines) is 1. The summed E-state index contributed by atoms with van der Waals surface area (Å²) in [6.45, 7) is 5.81. The van der Waals surface area contributed by atoms with Gasteiger partial charge in [0.15, 0.2) is 5.58 Å². The standard InChI is InChI=1S/C29H38FN5O4/c1-19-22(29(37)35-13-5-6-24(28(35)32-19)38-17-4-2-3-7-26(31)36)12-16-34-14-10-20(11-15-34)27-23-9-8-21(30)18-25(23)39-33-27/h8-9,18,20,24H,2-7,10-17H2,1H3,(H2,31,36). The topological polar surface area (TPSA) is 116 Å². The summed E-state index contributed by atoms with van der Waals surface area (Å²) in [6, 6.07) is 4.59. The first-order valence-electron chi connectivity index (χ1n) is 14.2. The highest BCUT2D eigenvalue weighted by molar-refractivity contribution is 5.79. The second kappa shape index (κ2) is 12.4. The predicted octanol–water partition coefficient (Wildman–Crippen LogP) is 4.15. The lowest BCUT2D eigenvalue weighted by molar-refractivity contribution is -0.118. The van der Waals surface area contributed by atoms with Gasteiger partial charge in [-0.05, 0) is 77.1 Å². The molecule has 2 aliphatic heterocycles. The Balaban J connectivity index is 1.15. The van der Waals surface area contributed by atoms with Crippen LogP contribution >= 0.6 is 0 Å². The Morgan fingerprint density at radius 1 is 1.18 bits per heavy atom. The van der Waals surface area contributed by atoms with E-state index >= 15 is 0 Å². The summed E-state index contributed by atoms with van der Waals surface area (Å²) in [7, 11) is 0. The second-order valence-corrected chi connectivity index (χ2v) is 10.8. The minimum atomic E-state index is -0.320. The third-order valence-electron chi connectivity index (χ3n) is 8.14. The normalized spacial score (nSPS) is 18.5. The Kier molecular flexibility index (Phi) is 8.72. The van der Waals surface area contributed by atoms with E-state index in [1.807, 2.05) is 11.5 Å². The zero-order valence-electron chi connectivity index (χ0n) is 22.7. The van der Waals surface area contributed by atoms with Gasteiger partial charge in [0.05, 0.1) is 5.69 Å². The molecule has 1 saturated heterocycles. The van der Waals surface area contributed by atoms with E-state index in [9.17, 15) is 14.0 Å². The molecule has 2 N–H and O–H groups in total. The largest absolute Gasteiger partial charge is 0.370 e. The number of aromatic nitrogens is 3. The summed E-state index contributed by atoms with van der Waals surface area (Å²) in [6.07, 6.45) is 7.06. The van der Waals surface area contributed by atoms with Gasteiger partial charge in [-0.2, -0.15) is 0 Å². The van der Waals surface area contributed by atoms with Crippen molar-refractivity contribution < 1.29 is 18.4 Å². The molecule has 1 atom stereocenters. The first kappa shape index (κ1) is 27.5. The molecule has 1 fully saturated rings. The van der Waals surface area contributed by atoms with Crippen LogP contribution in [0, 0.1) is 12.7 Å². The number of ether oxygens (including phenoxy) is 1. The predicted molar refractivity (Wildman–Crippen MR) is 145 cm³/mol. The van der Waals surface area contributed by atoms with Crippen LogP contribution in [0.2, 0.25) is 0 Å². The molecule has 2 aromatic heterocycles. The zero-order chi connectivity index (χ0) is 27.4. The monoisotopic (exact) mass is 539 g/mol. The number of amides is 1. The van der Waals surface area contributed by atoms with E-state index in [0.717, 1.165) is 92.7 Å². The van der Waals surface area contributed by atoms with Gasteiger partial charge in [0.2, 0.25) is 5.91 Å². The number of hydrogen-bond donors (Lipinski definition) is 1. The molecule has 9 nitrogen and oxygen atoms in total. The molecular formula is C29H38FN5O4. The van der Waals surface area contributed by atoms with Crippen LogP contribution in [-0.2, 0) is 22.5 Å². The lowest BCUT2D eigenvalue weighted by atomic mass is 9.91. The average molecular weight is 540 g/mol. The van der Waals surface area contributed by atoms with Crippen LogP contribution in [0.4, 0.5) is 4.39 Å². The van der Waals surface area contributed by atoms with Crippen molar-refractivity contribution in [3.05, 3.63) is 57.1 Å². The minimum Gasteiger partial charge on any atom is -0.370 e. The summed E-state index contributed by atoms with van der Waals surface area (Å²) in [5.74, 6) is 0.436. The van der Waals surface area contributed by atoms with Gasteiger partial charge in [-0.15, -0.1) is 0 Å². The van der Waals surface area contributed by atoms with Gasteiger partial charge < -0.3 is 19.9 Å². The van der Waals surface area contributed by atoms with Gasteiger partial charge in [-0.1, -0.05) is 11.6 Å². The number of hydrogen-bond acceptors (Lipinski definition) is 7. The van der Waals surface area contributed by atoms with E-state index in [4.69, 9.17) is 20.0 Å². The summed E-state index contributed by atoms with van der Waals surface area (Å²) < 4.78 is 26.8. The number of rotatable bonds is 11. The van der Waals surface area contributed by atoms with Gasteiger partial charge in [-0.25, -0.2) is 9.37 Å². The van der Waals surface area contributed by atoms with E-state index in [1.54, 1.807) is 6.07 Å². The second-order valence-electron chi connectivity index (χ2n) is 10.8. The first-order valence-corrected chi connectivity index (χ1v) is 14.2. The maximum Gasteiger partial charge on any atom is 0.257 e. The molecule has 1 unspecified atom stereocenters. The van der Waals surface area contributed by atoms with Crippen molar-refractivity contribution in [2.45, 2.75) is 83.3 Å². The summed E-state index contributed by atoms with van der Waals surface area (Å²) in [4.78, 5) is 31.6. The number of carbonyl (C=O) groups is 1. The molecule has 1 aromatic carbocycles.